The first-order valence-electron chi connectivity index (χ1n) is 8.90. The van der Waals surface area contributed by atoms with Crippen LogP contribution >= 0.6 is 0 Å². The summed E-state index contributed by atoms with van der Waals surface area (Å²) in [6.07, 6.45) is 1.42. The van der Waals surface area contributed by atoms with Gasteiger partial charge in [-0.05, 0) is 0 Å². The molecular weight excluding hydrogens is 394 g/mol. The minimum Gasteiger partial charge on any atom is -0.424 e. The number of hydrogen-bond acceptors (Lipinski definition) is 7. The molecule has 0 unspecified atom stereocenters. The molecule has 0 amide bonds. The Hall–Kier alpha value is -2.79. The second-order valence-electron chi connectivity index (χ2n) is 8.15. The average molecular weight is 413 g/mol. The van der Waals surface area contributed by atoms with Crippen LogP contribution in [0.5, 0.6) is 0 Å². The number of fused-ring (bicyclic) bond motifs is 1. The third-order valence-electron chi connectivity index (χ3n) is 4.60. The summed E-state index contributed by atoms with van der Waals surface area (Å²) < 4.78 is 62.2. The van der Waals surface area contributed by atoms with Crippen molar-refractivity contribution in [2.75, 3.05) is 18.0 Å². The van der Waals surface area contributed by atoms with Crippen molar-refractivity contribution in [2.45, 2.75) is 51.5 Å². The second-order valence-corrected chi connectivity index (χ2v) is 8.15. The van der Waals surface area contributed by atoms with Crippen LogP contribution in [0.1, 0.15) is 38.4 Å². The molecular formula is C17H19F4N7O. The van der Waals surface area contributed by atoms with Crippen molar-refractivity contribution < 1.29 is 22.0 Å². The van der Waals surface area contributed by atoms with E-state index in [-0.39, 0.29) is 17.9 Å². The van der Waals surface area contributed by atoms with E-state index in [1.807, 2.05) is 20.8 Å². The minimum absolute atomic E-state index is 0.0442. The van der Waals surface area contributed by atoms with Gasteiger partial charge < -0.3 is 13.9 Å². The fourth-order valence-corrected chi connectivity index (χ4v) is 3.06. The van der Waals surface area contributed by atoms with Gasteiger partial charge in [-0.3, -0.25) is 0 Å². The lowest BCUT2D eigenvalue weighted by Gasteiger charge is -2.22. The van der Waals surface area contributed by atoms with Gasteiger partial charge in [0.05, 0.1) is 19.4 Å². The fraction of sp³-hybridized carbons (Fsp3) is 0.588. The smallest absolute Gasteiger partial charge is 0.329 e. The molecule has 0 saturated carbocycles. The molecule has 4 heterocycles. The van der Waals surface area contributed by atoms with E-state index in [9.17, 15) is 17.6 Å². The Bertz CT molecular complexity index is 1050. The first-order chi connectivity index (χ1) is 13.4. The van der Waals surface area contributed by atoms with Crippen LogP contribution < -0.4 is 4.90 Å². The van der Waals surface area contributed by atoms with Crippen molar-refractivity contribution in [1.82, 2.24) is 29.7 Å². The maximum Gasteiger partial charge on any atom is 0.329 e. The van der Waals surface area contributed by atoms with Crippen LogP contribution in [0.4, 0.5) is 23.4 Å². The molecule has 29 heavy (non-hydrogen) atoms. The van der Waals surface area contributed by atoms with Crippen LogP contribution in [-0.2, 0) is 12.0 Å². The number of aromatic nitrogens is 6. The number of rotatable bonds is 3. The molecule has 0 bridgehead atoms. The maximum atomic E-state index is 13.8. The summed E-state index contributed by atoms with van der Waals surface area (Å²) in [6, 6.07) is 0. The van der Waals surface area contributed by atoms with Gasteiger partial charge in [-0.15, -0.1) is 10.2 Å². The third-order valence-corrected chi connectivity index (χ3v) is 4.60. The van der Waals surface area contributed by atoms with E-state index in [0.717, 1.165) is 4.90 Å². The number of alkyl halides is 4. The molecule has 0 N–H and O–H groups in total. The molecule has 0 atom stereocenters. The number of nitrogens with zero attached hydrogens (tertiary/aromatic N) is 7. The van der Waals surface area contributed by atoms with Crippen LogP contribution in [0.2, 0.25) is 0 Å². The zero-order valence-corrected chi connectivity index (χ0v) is 16.2. The Morgan fingerprint density at radius 3 is 2.28 bits per heavy atom. The Morgan fingerprint density at radius 1 is 1.07 bits per heavy atom. The molecule has 3 aromatic heterocycles. The molecule has 0 aromatic carbocycles. The van der Waals surface area contributed by atoms with E-state index in [0.29, 0.717) is 23.3 Å². The number of anilines is 1. The van der Waals surface area contributed by atoms with Crippen LogP contribution in [0, 0.1) is 6.92 Å². The van der Waals surface area contributed by atoms with Crippen molar-refractivity contribution in [3.8, 4) is 0 Å². The summed E-state index contributed by atoms with van der Waals surface area (Å²) in [5.74, 6) is -7.35. The molecule has 8 nitrogen and oxygen atoms in total. The molecule has 0 aliphatic carbocycles. The predicted octanol–water partition coefficient (Wildman–Crippen LogP) is 2.95. The predicted molar refractivity (Wildman–Crippen MR) is 94.3 cm³/mol. The van der Waals surface area contributed by atoms with Gasteiger partial charge in [0, 0.05) is 12.3 Å². The standard InChI is InChI=1S/C17H19F4N7O/c1-9-25-26-10(29-9)5-27-8-22-11-12(27)23-14(15(2,3)4)24-13(11)28-6-16(18,19)17(20,21)7-28/h8H,5-7H2,1-4H3. The molecule has 1 saturated heterocycles. The van der Waals surface area contributed by atoms with Gasteiger partial charge in [-0.25, -0.2) is 15.0 Å². The maximum absolute atomic E-state index is 13.8. The number of aryl methyl sites for hydroxylation is 1. The van der Waals surface area contributed by atoms with Gasteiger partial charge in [0.15, 0.2) is 17.0 Å². The lowest BCUT2D eigenvalue weighted by Crippen LogP contribution is -2.38. The molecule has 0 radical (unpaired) electrons. The lowest BCUT2D eigenvalue weighted by molar-refractivity contribution is -0.172. The number of halogens is 4. The van der Waals surface area contributed by atoms with E-state index >= 15 is 0 Å². The van der Waals surface area contributed by atoms with Crippen LogP contribution in [0.15, 0.2) is 10.7 Å². The average Bonchev–Trinajstić information content (AvgIpc) is 3.24. The third kappa shape index (κ3) is 3.29. The van der Waals surface area contributed by atoms with E-state index in [4.69, 9.17) is 4.42 Å². The first-order valence-corrected chi connectivity index (χ1v) is 8.90. The van der Waals surface area contributed by atoms with E-state index < -0.39 is 30.3 Å². The van der Waals surface area contributed by atoms with E-state index in [1.165, 1.54) is 6.33 Å². The highest BCUT2D eigenvalue weighted by Crippen LogP contribution is 2.43. The van der Waals surface area contributed by atoms with E-state index in [1.54, 1.807) is 11.5 Å². The summed E-state index contributed by atoms with van der Waals surface area (Å²) in [6.45, 7) is 5.02. The van der Waals surface area contributed by atoms with Gasteiger partial charge in [0.2, 0.25) is 11.8 Å². The van der Waals surface area contributed by atoms with Crippen molar-refractivity contribution in [2.24, 2.45) is 0 Å². The highest BCUT2D eigenvalue weighted by Gasteiger charge is 2.63. The molecule has 4 rings (SSSR count). The zero-order chi connectivity index (χ0) is 21.2. The van der Waals surface area contributed by atoms with Gasteiger partial charge in [0.1, 0.15) is 12.4 Å². The Kier molecular flexibility index (Phi) is 4.11. The second kappa shape index (κ2) is 6.10. The van der Waals surface area contributed by atoms with Crippen LogP contribution in [-0.4, -0.2) is 54.7 Å². The van der Waals surface area contributed by atoms with Crippen LogP contribution in [0.3, 0.4) is 0 Å². The number of imidazole rings is 1. The zero-order valence-electron chi connectivity index (χ0n) is 16.2. The highest BCUT2D eigenvalue weighted by molar-refractivity contribution is 5.84. The summed E-state index contributed by atoms with van der Waals surface area (Å²) in [5, 5.41) is 7.68. The Balaban J connectivity index is 1.84. The monoisotopic (exact) mass is 413 g/mol. The van der Waals surface area contributed by atoms with Gasteiger partial charge >= 0.3 is 11.8 Å². The van der Waals surface area contributed by atoms with Crippen LogP contribution in [0.25, 0.3) is 11.2 Å². The SMILES string of the molecule is Cc1nnc(Cn2cnc3c(N4CC(F)(F)C(F)(F)C4)nc(C(C)(C)C)nc32)o1. The highest BCUT2D eigenvalue weighted by atomic mass is 19.3. The quantitative estimate of drug-likeness (QED) is 0.610. The Morgan fingerprint density at radius 2 is 1.72 bits per heavy atom. The molecule has 0 spiro atoms. The van der Waals surface area contributed by atoms with Crippen molar-refractivity contribution >= 4 is 17.0 Å². The largest absolute Gasteiger partial charge is 0.424 e. The molecule has 156 valence electrons. The summed E-state index contributed by atoms with van der Waals surface area (Å²) in [7, 11) is 0. The minimum atomic E-state index is -4.16. The lowest BCUT2D eigenvalue weighted by atomic mass is 9.96. The summed E-state index contributed by atoms with van der Waals surface area (Å²) in [4.78, 5) is 13.9. The fourth-order valence-electron chi connectivity index (χ4n) is 3.06. The normalized spacial score (nSPS) is 18.7. The Labute approximate surface area is 163 Å². The van der Waals surface area contributed by atoms with E-state index in [2.05, 4.69) is 25.1 Å². The topological polar surface area (TPSA) is 85.8 Å². The molecule has 1 aliphatic rings. The van der Waals surface area contributed by atoms with Crippen molar-refractivity contribution in [3.63, 3.8) is 0 Å². The van der Waals surface area contributed by atoms with Gasteiger partial charge in [0.25, 0.3) is 0 Å². The summed E-state index contributed by atoms with van der Waals surface area (Å²) in [5.41, 5.74) is -0.0822. The number of hydrogen-bond donors (Lipinski definition) is 0. The van der Waals surface area contributed by atoms with Gasteiger partial charge in [-0.1, -0.05) is 20.8 Å². The van der Waals surface area contributed by atoms with Crippen molar-refractivity contribution in [1.29, 1.82) is 0 Å². The summed E-state index contributed by atoms with van der Waals surface area (Å²) >= 11 is 0. The molecule has 3 aromatic rings. The van der Waals surface area contributed by atoms with Gasteiger partial charge in [-0.2, -0.15) is 17.6 Å². The molecule has 1 aliphatic heterocycles. The molecule has 12 heteroatoms. The first kappa shape index (κ1) is 19.5. The van der Waals surface area contributed by atoms with Crippen molar-refractivity contribution in [3.05, 3.63) is 23.9 Å². The molecule has 1 fully saturated rings.